The molecule has 3 atom stereocenters. The van der Waals surface area contributed by atoms with E-state index in [9.17, 15) is 18.7 Å². The van der Waals surface area contributed by atoms with E-state index in [-0.39, 0.29) is 18.9 Å². The fourth-order valence-electron chi connectivity index (χ4n) is 2.81. The minimum atomic E-state index is -0.828. The van der Waals surface area contributed by atoms with Gasteiger partial charge in [-0.05, 0) is 55.5 Å². The summed E-state index contributed by atoms with van der Waals surface area (Å²) in [6, 6.07) is 2.53. The van der Waals surface area contributed by atoms with E-state index in [1.807, 2.05) is 20.1 Å². The van der Waals surface area contributed by atoms with E-state index < -0.39 is 29.8 Å². The van der Waals surface area contributed by atoms with Crippen molar-refractivity contribution >= 4 is 17.7 Å². The molecule has 28 heavy (non-hydrogen) atoms. The fourth-order valence-corrected chi connectivity index (χ4v) is 3.28. The average Bonchev–Trinajstić information content (AvgIpc) is 2.63. The first kappa shape index (κ1) is 24.8. The van der Waals surface area contributed by atoms with Gasteiger partial charge in [0.25, 0.3) is 0 Å². The Bertz CT molecular complexity index is 585. The summed E-state index contributed by atoms with van der Waals surface area (Å²) in [6.07, 6.45) is 2.07. The first-order valence-corrected chi connectivity index (χ1v) is 11.0. The maximum absolute atomic E-state index is 13.4. The van der Waals surface area contributed by atoms with Gasteiger partial charge >= 0.3 is 0 Å². The Kier molecular flexibility index (Phi) is 11.6. The lowest BCUT2D eigenvalue weighted by Gasteiger charge is -2.26. The quantitative estimate of drug-likeness (QED) is 0.395. The van der Waals surface area contributed by atoms with Crippen LogP contribution in [0.25, 0.3) is 0 Å². The van der Waals surface area contributed by atoms with Crippen molar-refractivity contribution in [3.05, 3.63) is 35.4 Å². The zero-order valence-electron chi connectivity index (χ0n) is 17.1. The van der Waals surface area contributed by atoms with E-state index in [1.165, 1.54) is 12.1 Å². The number of halogens is 2. The third-order valence-corrected chi connectivity index (χ3v) is 5.04. The summed E-state index contributed by atoms with van der Waals surface area (Å²) in [4.78, 5) is 12.4. The molecule has 5 nitrogen and oxygen atoms in total. The van der Waals surface area contributed by atoms with Gasteiger partial charge in [0.05, 0.1) is 12.1 Å². The van der Waals surface area contributed by atoms with Gasteiger partial charge in [-0.15, -0.1) is 0 Å². The van der Waals surface area contributed by atoms with Crippen LogP contribution in [0.15, 0.2) is 18.2 Å². The van der Waals surface area contributed by atoms with Crippen LogP contribution in [0.4, 0.5) is 8.78 Å². The molecule has 0 aromatic heterocycles. The molecule has 0 aliphatic heterocycles. The smallest absolute Gasteiger partial charge is 0.237 e. The van der Waals surface area contributed by atoms with Gasteiger partial charge in [0, 0.05) is 25.2 Å². The molecule has 1 aromatic carbocycles. The molecule has 0 spiro atoms. The molecule has 1 rings (SSSR count). The number of hydrogen-bond donors (Lipinski definition) is 4. The molecule has 160 valence electrons. The molecule has 0 heterocycles. The highest BCUT2D eigenvalue weighted by Gasteiger charge is 2.23. The highest BCUT2D eigenvalue weighted by atomic mass is 32.2. The van der Waals surface area contributed by atoms with Gasteiger partial charge in [-0.25, -0.2) is 8.78 Å². The summed E-state index contributed by atoms with van der Waals surface area (Å²) in [6.45, 7) is 4.85. The third kappa shape index (κ3) is 9.32. The van der Waals surface area contributed by atoms with Crippen molar-refractivity contribution in [1.29, 1.82) is 0 Å². The van der Waals surface area contributed by atoms with Gasteiger partial charge < -0.3 is 21.1 Å². The maximum Gasteiger partial charge on any atom is 0.237 e. The zero-order valence-corrected chi connectivity index (χ0v) is 17.9. The standard InChI is InChI=1S/C20H33F2N3O2S/c1-13(2)11-25-20(27)17(5-6-28-4)24-12-19(26)18(23-3)9-14-7-15(21)10-16(22)8-14/h7-8,10,13,17-19,23-24,26H,5-6,9,11-12H2,1-4H3,(H,25,27)/t17-,18-,19+/m0/s1. The van der Waals surface area contributed by atoms with Crippen molar-refractivity contribution in [1.82, 2.24) is 16.0 Å². The fraction of sp³-hybridized carbons (Fsp3) is 0.650. The van der Waals surface area contributed by atoms with E-state index in [1.54, 1.807) is 18.8 Å². The molecule has 0 radical (unpaired) electrons. The Labute approximate surface area is 171 Å². The topological polar surface area (TPSA) is 73.4 Å². The number of nitrogens with one attached hydrogen (secondary N) is 3. The normalized spacial score (nSPS) is 14.7. The van der Waals surface area contributed by atoms with Crippen LogP contribution in [0.2, 0.25) is 0 Å². The molecular weight excluding hydrogens is 384 g/mol. The average molecular weight is 418 g/mol. The first-order valence-electron chi connectivity index (χ1n) is 9.57. The summed E-state index contributed by atoms with van der Waals surface area (Å²) >= 11 is 1.66. The number of aliphatic hydroxyl groups excluding tert-OH is 1. The van der Waals surface area contributed by atoms with E-state index in [0.717, 1.165) is 11.8 Å². The van der Waals surface area contributed by atoms with E-state index in [2.05, 4.69) is 16.0 Å². The monoisotopic (exact) mass is 417 g/mol. The Balaban J connectivity index is 2.66. The molecule has 0 fully saturated rings. The second-order valence-electron chi connectivity index (χ2n) is 7.33. The van der Waals surface area contributed by atoms with Crippen LogP contribution in [-0.4, -0.2) is 61.3 Å². The van der Waals surface area contributed by atoms with Crippen LogP contribution < -0.4 is 16.0 Å². The molecule has 4 N–H and O–H groups in total. The lowest BCUT2D eigenvalue weighted by molar-refractivity contribution is -0.123. The predicted molar refractivity (Wildman–Crippen MR) is 112 cm³/mol. The van der Waals surface area contributed by atoms with Crippen molar-refractivity contribution in [2.75, 3.05) is 32.1 Å². The van der Waals surface area contributed by atoms with Crippen molar-refractivity contribution in [3.8, 4) is 0 Å². The highest BCUT2D eigenvalue weighted by Crippen LogP contribution is 2.12. The Morgan fingerprint density at radius 1 is 1.18 bits per heavy atom. The van der Waals surface area contributed by atoms with Gasteiger partial charge in [0.15, 0.2) is 0 Å². The molecule has 0 unspecified atom stereocenters. The van der Waals surface area contributed by atoms with Crippen molar-refractivity contribution in [3.63, 3.8) is 0 Å². The summed E-state index contributed by atoms with van der Waals surface area (Å²) in [5.74, 6) is -0.187. The molecule has 1 amide bonds. The van der Waals surface area contributed by atoms with Gasteiger partial charge in [0.1, 0.15) is 11.6 Å². The van der Waals surface area contributed by atoms with Crippen molar-refractivity contribution in [2.45, 2.75) is 44.9 Å². The Morgan fingerprint density at radius 2 is 1.82 bits per heavy atom. The number of benzene rings is 1. The second kappa shape index (κ2) is 13.1. The molecule has 1 aromatic rings. The maximum atomic E-state index is 13.4. The number of thioether (sulfide) groups is 1. The number of carbonyl (C=O) groups is 1. The van der Waals surface area contributed by atoms with Crippen molar-refractivity contribution in [2.24, 2.45) is 5.92 Å². The largest absolute Gasteiger partial charge is 0.390 e. The lowest BCUT2D eigenvalue weighted by atomic mass is 10.0. The molecule has 0 bridgehead atoms. The molecule has 0 saturated carbocycles. The zero-order chi connectivity index (χ0) is 21.1. The van der Waals surface area contributed by atoms with Crippen LogP contribution in [-0.2, 0) is 11.2 Å². The Morgan fingerprint density at radius 3 is 2.36 bits per heavy atom. The SMILES string of the molecule is CN[C@@H](Cc1cc(F)cc(F)c1)[C@H](O)CN[C@@H](CCSC)C(=O)NCC(C)C. The van der Waals surface area contributed by atoms with Gasteiger partial charge in [-0.3, -0.25) is 4.79 Å². The lowest BCUT2D eigenvalue weighted by Crippen LogP contribution is -2.51. The van der Waals surface area contributed by atoms with Gasteiger partial charge in [-0.1, -0.05) is 13.8 Å². The van der Waals surface area contributed by atoms with Crippen LogP contribution >= 0.6 is 11.8 Å². The number of aliphatic hydroxyl groups is 1. The predicted octanol–water partition coefficient (Wildman–Crippen LogP) is 1.94. The number of amides is 1. The number of hydrogen-bond acceptors (Lipinski definition) is 5. The van der Waals surface area contributed by atoms with E-state index in [0.29, 0.717) is 24.4 Å². The highest BCUT2D eigenvalue weighted by molar-refractivity contribution is 7.98. The van der Waals surface area contributed by atoms with Crippen LogP contribution in [0.5, 0.6) is 0 Å². The molecule has 0 aliphatic rings. The second-order valence-corrected chi connectivity index (χ2v) is 8.31. The third-order valence-electron chi connectivity index (χ3n) is 4.40. The van der Waals surface area contributed by atoms with E-state index >= 15 is 0 Å². The molecule has 8 heteroatoms. The molecule has 0 aliphatic carbocycles. The van der Waals surface area contributed by atoms with Crippen LogP contribution in [0.1, 0.15) is 25.8 Å². The minimum absolute atomic E-state index is 0.0804. The number of rotatable bonds is 13. The summed E-state index contributed by atoms with van der Waals surface area (Å²) in [5, 5.41) is 19.6. The summed E-state index contributed by atoms with van der Waals surface area (Å²) in [5.41, 5.74) is 0.463. The van der Waals surface area contributed by atoms with Gasteiger partial charge in [0.2, 0.25) is 5.91 Å². The molecule has 0 saturated heterocycles. The van der Waals surface area contributed by atoms with E-state index in [4.69, 9.17) is 0 Å². The minimum Gasteiger partial charge on any atom is -0.390 e. The number of carbonyl (C=O) groups excluding carboxylic acids is 1. The Hall–Kier alpha value is -1.22. The summed E-state index contributed by atoms with van der Waals surface area (Å²) < 4.78 is 26.8. The van der Waals surface area contributed by atoms with Crippen molar-refractivity contribution < 1.29 is 18.7 Å². The first-order chi connectivity index (χ1) is 13.3. The van der Waals surface area contributed by atoms with Crippen LogP contribution in [0, 0.1) is 17.6 Å². The van der Waals surface area contributed by atoms with Crippen LogP contribution in [0.3, 0.4) is 0 Å². The number of likely N-dealkylation sites (N-methyl/N-ethyl adjacent to an activating group) is 1. The summed E-state index contributed by atoms with van der Waals surface area (Å²) in [7, 11) is 1.68. The molecular formula is C20H33F2N3O2S. The van der Waals surface area contributed by atoms with Gasteiger partial charge in [-0.2, -0.15) is 11.8 Å².